The van der Waals surface area contributed by atoms with Crippen LogP contribution in [0.3, 0.4) is 0 Å². The van der Waals surface area contributed by atoms with Crippen LogP contribution in [0.25, 0.3) is 0 Å². The SMILES string of the molecule is c1ccc2c(c1)CCCC(N1CCOCC1)C2. The molecule has 92 valence electrons. The van der Waals surface area contributed by atoms with E-state index in [9.17, 15) is 0 Å². The van der Waals surface area contributed by atoms with Gasteiger partial charge in [0.25, 0.3) is 0 Å². The van der Waals surface area contributed by atoms with E-state index in [0.717, 1.165) is 32.3 Å². The Morgan fingerprint density at radius 2 is 1.82 bits per heavy atom. The van der Waals surface area contributed by atoms with Crippen molar-refractivity contribution < 1.29 is 4.74 Å². The highest BCUT2D eigenvalue weighted by Crippen LogP contribution is 2.24. The van der Waals surface area contributed by atoms with Gasteiger partial charge < -0.3 is 4.74 Å². The summed E-state index contributed by atoms with van der Waals surface area (Å²) in [7, 11) is 0. The van der Waals surface area contributed by atoms with Gasteiger partial charge in [-0.2, -0.15) is 0 Å². The van der Waals surface area contributed by atoms with Crippen LogP contribution in [-0.2, 0) is 17.6 Å². The van der Waals surface area contributed by atoms with E-state index in [1.54, 1.807) is 11.1 Å². The highest BCUT2D eigenvalue weighted by Gasteiger charge is 2.23. The summed E-state index contributed by atoms with van der Waals surface area (Å²) < 4.78 is 5.45. The fourth-order valence-corrected chi connectivity index (χ4v) is 3.14. The summed E-state index contributed by atoms with van der Waals surface area (Å²) >= 11 is 0. The number of aryl methyl sites for hydroxylation is 1. The van der Waals surface area contributed by atoms with Gasteiger partial charge in [0.05, 0.1) is 13.2 Å². The summed E-state index contributed by atoms with van der Waals surface area (Å²) in [6.45, 7) is 4.07. The molecule has 0 bridgehead atoms. The Kier molecular flexibility index (Phi) is 3.44. The fourth-order valence-electron chi connectivity index (χ4n) is 3.14. The normalized spacial score (nSPS) is 26.2. The number of rotatable bonds is 1. The third kappa shape index (κ3) is 2.53. The van der Waals surface area contributed by atoms with E-state index in [1.165, 1.54) is 25.7 Å². The van der Waals surface area contributed by atoms with Crippen LogP contribution >= 0.6 is 0 Å². The highest BCUT2D eigenvalue weighted by molar-refractivity contribution is 5.29. The molecule has 2 nitrogen and oxygen atoms in total. The molecule has 1 aromatic rings. The van der Waals surface area contributed by atoms with Gasteiger partial charge in [0.1, 0.15) is 0 Å². The molecule has 0 N–H and O–H groups in total. The van der Waals surface area contributed by atoms with Crippen LogP contribution in [0.15, 0.2) is 24.3 Å². The molecule has 0 radical (unpaired) electrons. The molecule has 1 saturated heterocycles. The van der Waals surface area contributed by atoms with E-state index in [-0.39, 0.29) is 0 Å². The van der Waals surface area contributed by atoms with Gasteiger partial charge >= 0.3 is 0 Å². The van der Waals surface area contributed by atoms with E-state index in [2.05, 4.69) is 29.2 Å². The average Bonchev–Trinajstić information content (AvgIpc) is 2.62. The van der Waals surface area contributed by atoms with Gasteiger partial charge in [0.15, 0.2) is 0 Å². The molecule has 0 aromatic heterocycles. The lowest BCUT2D eigenvalue weighted by Gasteiger charge is -2.34. The molecule has 17 heavy (non-hydrogen) atoms. The summed E-state index contributed by atoms with van der Waals surface area (Å²) in [4.78, 5) is 2.63. The summed E-state index contributed by atoms with van der Waals surface area (Å²) in [6, 6.07) is 9.71. The van der Waals surface area contributed by atoms with Crippen LogP contribution in [0, 0.1) is 0 Å². The van der Waals surface area contributed by atoms with Crippen molar-refractivity contribution in [2.75, 3.05) is 26.3 Å². The van der Waals surface area contributed by atoms with Crippen LogP contribution < -0.4 is 0 Å². The van der Waals surface area contributed by atoms with E-state index in [4.69, 9.17) is 4.74 Å². The van der Waals surface area contributed by atoms with Gasteiger partial charge in [-0.3, -0.25) is 4.90 Å². The number of benzene rings is 1. The minimum atomic E-state index is 0.738. The van der Waals surface area contributed by atoms with Crippen molar-refractivity contribution >= 4 is 0 Å². The van der Waals surface area contributed by atoms with Crippen molar-refractivity contribution in [2.24, 2.45) is 0 Å². The van der Waals surface area contributed by atoms with Crippen LogP contribution in [0.5, 0.6) is 0 Å². The maximum atomic E-state index is 5.45. The van der Waals surface area contributed by atoms with E-state index >= 15 is 0 Å². The van der Waals surface area contributed by atoms with Crippen molar-refractivity contribution in [1.82, 2.24) is 4.90 Å². The zero-order chi connectivity index (χ0) is 11.5. The highest BCUT2D eigenvalue weighted by atomic mass is 16.5. The largest absolute Gasteiger partial charge is 0.379 e. The first-order valence-corrected chi connectivity index (χ1v) is 6.82. The van der Waals surface area contributed by atoms with Crippen molar-refractivity contribution in [3.05, 3.63) is 35.4 Å². The number of fused-ring (bicyclic) bond motifs is 1. The Morgan fingerprint density at radius 1 is 1.06 bits per heavy atom. The second kappa shape index (κ2) is 5.19. The molecular formula is C15H21NO. The predicted molar refractivity (Wildman–Crippen MR) is 69.3 cm³/mol. The quantitative estimate of drug-likeness (QED) is 0.687. The average molecular weight is 231 g/mol. The fraction of sp³-hybridized carbons (Fsp3) is 0.600. The standard InChI is InChI=1S/C15H21NO/c1-2-5-14-12-15(7-3-6-13(14)4-1)16-8-10-17-11-9-16/h1-2,4-5,15H,3,6-12H2. The molecule has 3 rings (SSSR count). The van der Waals surface area contributed by atoms with E-state index < -0.39 is 0 Å². The molecule has 1 heterocycles. The molecule has 2 aliphatic rings. The van der Waals surface area contributed by atoms with Gasteiger partial charge in [0.2, 0.25) is 0 Å². The van der Waals surface area contributed by atoms with Gasteiger partial charge in [-0.05, 0) is 36.8 Å². The maximum Gasteiger partial charge on any atom is 0.0594 e. The molecular weight excluding hydrogens is 210 g/mol. The molecule has 1 aromatic carbocycles. The Labute approximate surface area is 104 Å². The second-order valence-corrected chi connectivity index (χ2v) is 5.17. The number of hydrogen-bond acceptors (Lipinski definition) is 2. The van der Waals surface area contributed by atoms with Crippen LogP contribution in [-0.4, -0.2) is 37.2 Å². The lowest BCUT2D eigenvalue weighted by atomic mass is 10.0. The topological polar surface area (TPSA) is 12.5 Å². The minimum absolute atomic E-state index is 0.738. The van der Waals surface area contributed by atoms with Gasteiger partial charge in [-0.25, -0.2) is 0 Å². The lowest BCUT2D eigenvalue weighted by Crippen LogP contribution is -2.44. The number of morpholine rings is 1. The molecule has 1 unspecified atom stereocenters. The second-order valence-electron chi connectivity index (χ2n) is 5.17. The van der Waals surface area contributed by atoms with Gasteiger partial charge in [-0.15, -0.1) is 0 Å². The predicted octanol–water partition coefficient (Wildman–Crippen LogP) is 2.27. The summed E-state index contributed by atoms with van der Waals surface area (Å²) in [5, 5.41) is 0. The maximum absolute atomic E-state index is 5.45. The van der Waals surface area contributed by atoms with E-state index in [0.29, 0.717) is 0 Å². The Bertz CT molecular complexity index is 371. The first kappa shape index (κ1) is 11.2. The van der Waals surface area contributed by atoms with Crippen LogP contribution in [0.2, 0.25) is 0 Å². The minimum Gasteiger partial charge on any atom is -0.379 e. The molecule has 0 saturated carbocycles. The number of nitrogens with zero attached hydrogens (tertiary/aromatic N) is 1. The Hall–Kier alpha value is -0.860. The summed E-state index contributed by atoms with van der Waals surface area (Å²) in [5.41, 5.74) is 3.14. The number of ether oxygens (including phenoxy) is 1. The summed E-state index contributed by atoms with van der Waals surface area (Å²) in [6.07, 6.45) is 5.17. The molecule has 1 atom stereocenters. The molecule has 0 spiro atoms. The van der Waals surface area contributed by atoms with Crippen LogP contribution in [0.4, 0.5) is 0 Å². The molecule has 1 aliphatic heterocycles. The third-order valence-electron chi connectivity index (χ3n) is 4.12. The first-order valence-electron chi connectivity index (χ1n) is 6.82. The monoisotopic (exact) mass is 231 g/mol. The lowest BCUT2D eigenvalue weighted by molar-refractivity contribution is 0.0149. The zero-order valence-corrected chi connectivity index (χ0v) is 10.4. The summed E-state index contributed by atoms with van der Waals surface area (Å²) in [5.74, 6) is 0. The van der Waals surface area contributed by atoms with Crippen molar-refractivity contribution in [3.8, 4) is 0 Å². The Morgan fingerprint density at radius 3 is 2.65 bits per heavy atom. The molecule has 1 aliphatic carbocycles. The molecule has 0 amide bonds. The smallest absolute Gasteiger partial charge is 0.0594 e. The van der Waals surface area contributed by atoms with Crippen molar-refractivity contribution in [3.63, 3.8) is 0 Å². The molecule has 1 fully saturated rings. The third-order valence-corrected chi connectivity index (χ3v) is 4.12. The zero-order valence-electron chi connectivity index (χ0n) is 10.4. The van der Waals surface area contributed by atoms with Gasteiger partial charge in [-0.1, -0.05) is 24.3 Å². The van der Waals surface area contributed by atoms with Crippen molar-refractivity contribution in [1.29, 1.82) is 0 Å². The number of hydrogen-bond donors (Lipinski definition) is 0. The molecule has 2 heteroatoms. The Balaban J connectivity index is 1.75. The first-order chi connectivity index (χ1) is 8.43. The van der Waals surface area contributed by atoms with Crippen LogP contribution in [0.1, 0.15) is 24.0 Å². The van der Waals surface area contributed by atoms with Crippen molar-refractivity contribution in [2.45, 2.75) is 31.7 Å². The van der Waals surface area contributed by atoms with E-state index in [1.807, 2.05) is 0 Å². The van der Waals surface area contributed by atoms with Gasteiger partial charge in [0, 0.05) is 19.1 Å².